The number of aromatic nitrogens is 2. The van der Waals surface area contributed by atoms with Crippen LogP contribution in [0.3, 0.4) is 0 Å². The van der Waals surface area contributed by atoms with Gasteiger partial charge >= 0.3 is 0 Å². The number of benzene rings is 1. The van der Waals surface area contributed by atoms with Gasteiger partial charge in [-0.1, -0.05) is 0 Å². The lowest BCUT2D eigenvalue weighted by Crippen LogP contribution is -1.96. The van der Waals surface area contributed by atoms with Crippen molar-refractivity contribution >= 4 is 33.0 Å². The molecule has 2 heterocycles. The van der Waals surface area contributed by atoms with Gasteiger partial charge in [0.1, 0.15) is 5.75 Å². The van der Waals surface area contributed by atoms with Gasteiger partial charge in [0, 0.05) is 12.7 Å². The Morgan fingerprint density at radius 2 is 2.00 bits per heavy atom. The Labute approximate surface area is 134 Å². The fraction of sp³-hybridized carbons (Fsp3) is 0.143. The molecule has 0 aliphatic rings. The van der Waals surface area contributed by atoms with E-state index in [-0.39, 0.29) is 6.61 Å². The molecular weight excluding hydrogens is 354 g/mol. The Hall–Kier alpha value is -1.86. The molecule has 0 fully saturated rings. The summed E-state index contributed by atoms with van der Waals surface area (Å²) in [6.45, 7) is 0.248. The predicted octanol–water partition coefficient (Wildman–Crippen LogP) is 4.18. The molecule has 21 heavy (non-hydrogen) atoms. The largest absolute Gasteiger partial charge is 0.484 e. The molecule has 5 nitrogen and oxygen atoms in total. The number of thiophene rings is 1. The van der Waals surface area contributed by atoms with E-state index >= 15 is 0 Å². The van der Waals surface area contributed by atoms with Crippen molar-refractivity contribution in [2.24, 2.45) is 0 Å². The van der Waals surface area contributed by atoms with Crippen molar-refractivity contribution in [3.8, 4) is 16.5 Å². The molecule has 0 spiro atoms. The van der Waals surface area contributed by atoms with Gasteiger partial charge in [-0.25, -0.2) is 0 Å². The minimum Gasteiger partial charge on any atom is -0.484 e. The molecular formula is C14H12BrN3O2S. The molecule has 2 aromatic heterocycles. The standard InChI is InChI=1S/C14H12BrN3O2S/c1-16-9-2-4-10(5-3-9)19-8-13-17-18-14(20-13)11-6-7-12(15)21-11/h2-7,16H,8H2,1H3. The maximum Gasteiger partial charge on any atom is 0.257 e. The van der Waals surface area contributed by atoms with Crippen LogP contribution in [0.15, 0.2) is 44.6 Å². The van der Waals surface area contributed by atoms with Crippen molar-refractivity contribution in [2.45, 2.75) is 6.61 Å². The highest BCUT2D eigenvalue weighted by atomic mass is 79.9. The molecule has 0 aliphatic carbocycles. The summed E-state index contributed by atoms with van der Waals surface area (Å²) >= 11 is 4.95. The Bertz CT molecular complexity index is 724. The number of ether oxygens (including phenoxy) is 1. The van der Waals surface area contributed by atoms with Crippen molar-refractivity contribution in [2.75, 3.05) is 12.4 Å². The minimum atomic E-state index is 0.248. The predicted molar refractivity (Wildman–Crippen MR) is 85.6 cm³/mol. The first kappa shape index (κ1) is 14.1. The summed E-state index contributed by atoms with van der Waals surface area (Å²) in [4.78, 5) is 0.930. The molecule has 7 heteroatoms. The van der Waals surface area contributed by atoms with Crippen molar-refractivity contribution in [3.05, 3.63) is 46.1 Å². The molecule has 108 valence electrons. The fourth-order valence-corrected chi connectivity index (χ4v) is 3.01. The van der Waals surface area contributed by atoms with Crippen molar-refractivity contribution in [1.29, 1.82) is 0 Å². The monoisotopic (exact) mass is 365 g/mol. The number of rotatable bonds is 5. The van der Waals surface area contributed by atoms with E-state index in [9.17, 15) is 0 Å². The van der Waals surface area contributed by atoms with Gasteiger partial charge in [-0.2, -0.15) is 0 Å². The third kappa shape index (κ3) is 3.43. The molecule has 0 saturated heterocycles. The van der Waals surface area contributed by atoms with Crippen LogP contribution in [0, 0.1) is 0 Å². The number of halogens is 1. The zero-order valence-corrected chi connectivity index (χ0v) is 13.6. The van der Waals surface area contributed by atoms with Crippen LogP contribution in [-0.2, 0) is 6.61 Å². The van der Waals surface area contributed by atoms with Crippen molar-refractivity contribution in [3.63, 3.8) is 0 Å². The van der Waals surface area contributed by atoms with Gasteiger partial charge < -0.3 is 14.5 Å². The van der Waals surface area contributed by atoms with Gasteiger partial charge in [0.15, 0.2) is 6.61 Å². The molecule has 0 unspecified atom stereocenters. The highest BCUT2D eigenvalue weighted by molar-refractivity contribution is 9.11. The van der Waals surface area contributed by atoms with Gasteiger partial charge in [-0.15, -0.1) is 21.5 Å². The number of anilines is 1. The number of hydrogen-bond acceptors (Lipinski definition) is 6. The topological polar surface area (TPSA) is 60.2 Å². The number of nitrogens with one attached hydrogen (secondary N) is 1. The zero-order chi connectivity index (χ0) is 14.7. The second-order valence-corrected chi connectivity index (χ2v) is 6.63. The van der Waals surface area contributed by atoms with E-state index < -0.39 is 0 Å². The number of nitrogens with zero attached hydrogens (tertiary/aromatic N) is 2. The van der Waals surface area contributed by atoms with Gasteiger partial charge in [0.2, 0.25) is 0 Å². The first-order valence-electron chi connectivity index (χ1n) is 6.23. The van der Waals surface area contributed by atoms with Crippen LogP contribution >= 0.6 is 27.3 Å². The summed E-state index contributed by atoms with van der Waals surface area (Å²) in [6, 6.07) is 11.5. The van der Waals surface area contributed by atoms with Gasteiger partial charge in [0.05, 0.1) is 8.66 Å². The third-order valence-electron chi connectivity index (χ3n) is 2.76. The van der Waals surface area contributed by atoms with Gasteiger partial charge in [-0.05, 0) is 52.3 Å². The highest BCUT2D eigenvalue weighted by Gasteiger charge is 2.11. The first-order valence-corrected chi connectivity index (χ1v) is 7.84. The van der Waals surface area contributed by atoms with E-state index in [1.54, 1.807) is 11.3 Å². The van der Waals surface area contributed by atoms with Crippen LogP contribution in [-0.4, -0.2) is 17.2 Å². The Morgan fingerprint density at radius 1 is 1.19 bits per heavy atom. The van der Waals surface area contributed by atoms with Crippen LogP contribution in [0.25, 0.3) is 10.8 Å². The van der Waals surface area contributed by atoms with E-state index in [0.29, 0.717) is 11.8 Å². The van der Waals surface area contributed by atoms with Crippen LogP contribution in [0.5, 0.6) is 5.75 Å². The van der Waals surface area contributed by atoms with Crippen molar-refractivity contribution < 1.29 is 9.15 Å². The van der Waals surface area contributed by atoms with Crippen LogP contribution in [0.1, 0.15) is 5.89 Å². The maximum absolute atomic E-state index is 5.62. The van der Waals surface area contributed by atoms with Gasteiger partial charge in [-0.3, -0.25) is 0 Å². The summed E-state index contributed by atoms with van der Waals surface area (Å²) in [7, 11) is 1.87. The van der Waals surface area contributed by atoms with E-state index in [1.165, 1.54) is 0 Å². The van der Waals surface area contributed by atoms with Crippen LogP contribution < -0.4 is 10.1 Å². The van der Waals surface area contributed by atoms with Crippen LogP contribution in [0.4, 0.5) is 5.69 Å². The van der Waals surface area contributed by atoms with E-state index in [1.807, 2.05) is 43.4 Å². The Kier molecular flexibility index (Phi) is 4.21. The molecule has 3 aromatic rings. The average Bonchev–Trinajstić information content (AvgIpc) is 3.14. The SMILES string of the molecule is CNc1ccc(OCc2nnc(-c3ccc(Br)s3)o2)cc1. The fourth-order valence-electron chi connectivity index (χ4n) is 1.70. The Morgan fingerprint density at radius 3 is 2.67 bits per heavy atom. The second-order valence-electron chi connectivity index (χ2n) is 4.17. The van der Waals surface area contributed by atoms with E-state index in [0.717, 1.165) is 20.1 Å². The molecule has 1 aromatic carbocycles. The van der Waals surface area contributed by atoms with Crippen molar-refractivity contribution in [1.82, 2.24) is 10.2 Å². The summed E-state index contributed by atoms with van der Waals surface area (Å²) in [5.41, 5.74) is 1.03. The van der Waals surface area contributed by atoms with Gasteiger partial charge in [0.25, 0.3) is 11.8 Å². The highest BCUT2D eigenvalue weighted by Crippen LogP contribution is 2.30. The number of hydrogen-bond donors (Lipinski definition) is 1. The summed E-state index contributed by atoms with van der Waals surface area (Å²) in [5, 5.41) is 11.1. The quantitative estimate of drug-likeness (QED) is 0.734. The normalized spacial score (nSPS) is 10.6. The zero-order valence-electron chi connectivity index (χ0n) is 11.2. The van der Waals surface area contributed by atoms with E-state index in [2.05, 4.69) is 31.4 Å². The maximum atomic E-state index is 5.62. The summed E-state index contributed by atoms with van der Waals surface area (Å²) in [5.74, 6) is 1.72. The molecule has 0 radical (unpaired) electrons. The molecule has 3 rings (SSSR count). The minimum absolute atomic E-state index is 0.248. The summed E-state index contributed by atoms with van der Waals surface area (Å²) < 4.78 is 12.2. The van der Waals surface area contributed by atoms with Crippen LogP contribution in [0.2, 0.25) is 0 Å². The molecule has 0 amide bonds. The lowest BCUT2D eigenvalue weighted by Gasteiger charge is -2.04. The smallest absolute Gasteiger partial charge is 0.257 e. The lowest BCUT2D eigenvalue weighted by molar-refractivity contribution is 0.264. The molecule has 0 aliphatic heterocycles. The third-order valence-corrected chi connectivity index (χ3v) is 4.37. The summed E-state index contributed by atoms with van der Waals surface area (Å²) in [6.07, 6.45) is 0. The molecule has 0 atom stereocenters. The average molecular weight is 366 g/mol. The lowest BCUT2D eigenvalue weighted by atomic mass is 10.3. The molecule has 0 bridgehead atoms. The molecule has 1 N–H and O–H groups in total. The first-order chi connectivity index (χ1) is 10.2. The Balaban J connectivity index is 1.64. The van der Waals surface area contributed by atoms with E-state index in [4.69, 9.17) is 9.15 Å². The second kappa shape index (κ2) is 6.28. The molecule has 0 saturated carbocycles.